The van der Waals surface area contributed by atoms with E-state index in [1.54, 1.807) is 6.92 Å². The molecule has 0 radical (unpaired) electrons. The summed E-state index contributed by atoms with van der Waals surface area (Å²) in [6.45, 7) is 1.76. The predicted octanol–water partition coefficient (Wildman–Crippen LogP) is 0.0265. The Morgan fingerprint density at radius 1 is 1.30 bits per heavy atom. The Kier molecular flexibility index (Phi) is 6.44. The third-order valence-corrected chi connectivity index (χ3v) is 3.48. The lowest BCUT2D eigenvalue weighted by molar-refractivity contribution is -0.148. The van der Waals surface area contributed by atoms with Crippen LogP contribution in [0, 0.1) is 5.92 Å². The van der Waals surface area contributed by atoms with Crippen LogP contribution in [-0.2, 0) is 19.1 Å². The summed E-state index contributed by atoms with van der Waals surface area (Å²) in [5, 5.41) is 11.8. The van der Waals surface area contributed by atoms with Crippen molar-refractivity contribution in [2.24, 2.45) is 11.7 Å². The van der Waals surface area contributed by atoms with Crippen molar-refractivity contribution < 1.29 is 24.2 Å². The van der Waals surface area contributed by atoms with Crippen molar-refractivity contribution >= 4 is 17.8 Å². The van der Waals surface area contributed by atoms with Gasteiger partial charge in [-0.1, -0.05) is 19.3 Å². The quantitative estimate of drug-likeness (QED) is 0.372. The lowest BCUT2D eigenvalue weighted by atomic mass is 9.94. The van der Waals surface area contributed by atoms with Gasteiger partial charge in [-0.25, -0.2) is 4.79 Å². The smallest absolute Gasteiger partial charge is 0.332 e. The van der Waals surface area contributed by atoms with Crippen LogP contribution < -0.4 is 11.1 Å². The molecule has 0 heterocycles. The van der Waals surface area contributed by atoms with Crippen LogP contribution in [0.25, 0.3) is 0 Å². The van der Waals surface area contributed by atoms with E-state index in [0.717, 1.165) is 19.3 Å². The number of rotatable bonds is 5. The van der Waals surface area contributed by atoms with Crippen LogP contribution in [0.4, 0.5) is 0 Å². The number of ether oxygens (including phenoxy) is 1. The van der Waals surface area contributed by atoms with Gasteiger partial charge >= 0.3 is 11.9 Å². The van der Waals surface area contributed by atoms with Gasteiger partial charge in [-0.2, -0.15) is 0 Å². The number of carbonyl (C=O) groups is 3. The maximum absolute atomic E-state index is 11.9. The number of hydrogen-bond acceptors (Lipinski definition) is 5. The Balaban J connectivity index is 2.65. The number of aliphatic carboxylic acids is 1. The third-order valence-electron chi connectivity index (χ3n) is 3.48. The minimum Gasteiger partial charge on any atom is -0.481 e. The molecule has 0 saturated heterocycles. The van der Waals surface area contributed by atoms with Gasteiger partial charge in [0, 0.05) is 6.04 Å². The zero-order chi connectivity index (χ0) is 15.1. The van der Waals surface area contributed by atoms with Gasteiger partial charge < -0.3 is 20.9 Å². The van der Waals surface area contributed by atoms with E-state index >= 15 is 0 Å². The van der Waals surface area contributed by atoms with E-state index in [1.165, 1.54) is 0 Å². The molecule has 0 aromatic carbocycles. The lowest BCUT2D eigenvalue weighted by Gasteiger charge is -2.24. The van der Waals surface area contributed by atoms with Crippen molar-refractivity contribution in [3.8, 4) is 0 Å². The Hall–Kier alpha value is -1.63. The van der Waals surface area contributed by atoms with E-state index in [0.29, 0.717) is 12.8 Å². The van der Waals surface area contributed by atoms with Crippen LogP contribution in [0.1, 0.15) is 39.0 Å². The Morgan fingerprint density at radius 2 is 1.95 bits per heavy atom. The van der Waals surface area contributed by atoms with Gasteiger partial charge in [0.05, 0.1) is 12.5 Å². The molecule has 1 aliphatic carbocycles. The number of carbonyl (C=O) groups excluding carboxylic acids is 2. The van der Waals surface area contributed by atoms with Crippen LogP contribution >= 0.6 is 0 Å². The van der Waals surface area contributed by atoms with Crippen LogP contribution in [0.3, 0.4) is 0 Å². The second-order valence-corrected chi connectivity index (χ2v) is 4.93. The number of nitrogens with one attached hydrogen (secondary N) is 1. The molecule has 3 unspecified atom stereocenters. The fourth-order valence-corrected chi connectivity index (χ4v) is 2.39. The molecule has 4 N–H and O–H groups in total. The Morgan fingerprint density at radius 3 is 2.55 bits per heavy atom. The summed E-state index contributed by atoms with van der Waals surface area (Å²) in [5.41, 5.74) is 5.49. The van der Waals surface area contributed by atoms with Crippen LogP contribution in [0.15, 0.2) is 0 Å². The van der Waals surface area contributed by atoms with Crippen LogP contribution in [0.5, 0.6) is 0 Å². The summed E-state index contributed by atoms with van der Waals surface area (Å²) in [6, 6.07) is -1.89. The molecule has 1 fully saturated rings. The van der Waals surface area contributed by atoms with Gasteiger partial charge in [0.2, 0.25) is 5.91 Å². The first-order valence-corrected chi connectivity index (χ1v) is 6.92. The van der Waals surface area contributed by atoms with Crippen molar-refractivity contribution in [2.75, 3.05) is 6.61 Å². The van der Waals surface area contributed by atoms with Gasteiger partial charge in [0.15, 0.2) is 6.04 Å². The summed E-state index contributed by atoms with van der Waals surface area (Å²) in [4.78, 5) is 34.5. The number of carboxylic acids is 1. The van der Waals surface area contributed by atoms with E-state index in [2.05, 4.69) is 10.1 Å². The maximum atomic E-state index is 11.9. The zero-order valence-electron chi connectivity index (χ0n) is 11.6. The van der Waals surface area contributed by atoms with Gasteiger partial charge in [-0.3, -0.25) is 9.59 Å². The molecule has 0 aromatic rings. The standard InChI is InChI=1S/C13H22N2O5/c1-2-20-13(19)10(14)11(16)15-9-7-5-3-4-6-8(9)12(17)18/h8-10H,2-7,14H2,1H3,(H,15,16)(H,17,18). The van der Waals surface area contributed by atoms with E-state index in [4.69, 9.17) is 5.73 Å². The molecule has 0 aromatic heterocycles. The molecule has 20 heavy (non-hydrogen) atoms. The molecule has 3 atom stereocenters. The minimum absolute atomic E-state index is 0.140. The fourth-order valence-electron chi connectivity index (χ4n) is 2.39. The van der Waals surface area contributed by atoms with Crippen molar-refractivity contribution in [1.29, 1.82) is 0 Å². The molecule has 7 nitrogen and oxygen atoms in total. The zero-order valence-corrected chi connectivity index (χ0v) is 11.6. The maximum Gasteiger partial charge on any atom is 0.332 e. The van der Waals surface area contributed by atoms with Crippen LogP contribution in [0.2, 0.25) is 0 Å². The fraction of sp³-hybridized carbons (Fsp3) is 0.769. The molecule has 114 valence electrons. The van der Waals surface area contributed by atoms with E-state index in [9.17, 15) is 19.5 Å². The van der Waals surface area contributed by atoms with Gasteiger partial charge in [-0.05, 0) is 19.8 Å². The highest BCUT2D eigenvalue weighted by atomic mass is 16.5. The highest BCUT2D eigenvalue weighted by Crippen LogP contribution is 2.23. The second kappa shape index (κ2) is 7.84. The Bertz CT molecular complexity index is 372. The summed E-state index contributed by atoms with van der Waals surface area (Å²) in [7, 11) is 0. The molecule has 1 aliphatic rings. The summed E-state index contributed by atoms with van der Waals surface area (Å²) in [6.07, 6.45) is 3.73. The summed E-state index contributed by atoms with van der Waals surface area (Å²) in [5.74, 6) is -3.04. The monoisotopic (exact) mass is 286 g/mol. The molecular weight excluding hydrogens is 264 g/mol. The highest BCUT2D eigenvalue weighted by molar-refractivity contribution is 6.01. The van der Waals surface area contributed by atoms with Crippen LogP contribution in [-0.4, -0.2) is 41.6 Å². The molecular formula is C13H22N2O5. The molecule has 1 amide bonds. The van der Waals surface area contributed by atoms with Crippen molar-refractivity contribution in [3.63, 3.8) is 0 Å². The molecule has 0 bridgehead atoms. The number of esters is 1. The molecule has 1 rings (SSSR count). The van der Waals surface area contributed by atoms with Gasteiger partial charge in [0.1, 0.15) is 0 Å². The number of amides is 1. The number of hydrogen-bond donors (Lipinski definition) is 3. The lowest BCUT2D eigenvalue weighted by Crippen LogP contribution is -2.52. The third kappa shape index (κ3) is 4.48. The van der Waals surface area contributed by atoms with E-state index in [-0.39, 0.29) is 6.61 Å². The molecule has 7 heteroatoms. The van der Waals surface area contributed by atoms with E-state index < -0.39 is 35.8 Å². The Labute approximate surface area is 117 Å². The average molecular weight is 286 g/mol. The molecule has 0 aliphatic heterocycles. The molecule has 1 saturated carbocycles. The topological polar surface area (TPSA) is 119 Å². The predicted molar refractivity (Wildman–Crippen MR) is 70.7 cm³/mol. The first-order chi connectivity index (χ1) is 9.47. The summed E-state index contributed by atoms with van der Waals surface area (Å²) < 4.78 is 4.67. The first kappa shape index (κ1) is 16.4. The second-order valence-electron chi connectivity index (χ2n) is 4.93. The normalized spacial score (nSPS) is 24.3. The van der Waals surface area contributed by atoms with Crippen molar-refractivity contribution in [3.05, 3.63) is 0 Å². The highest BCUT2D eigenvalue weighted by Gasteiger charge is 2.33. The number of nitrogens with two attached hydrogens (primary N) is 1. The average Bonchev–Trinajstić information content (AvgIpc) is 2.63. The van der Waals surface area contributed by atoms with E-state index in [1.807, 2.05) is 0 Å². The largest absolute Gasteiger partial charge is 0.481 e. The summed E-state index contributed by atoms with van der Waals surface area (Å²) >= 11 is 0. The number of carboxylic acid groups (broad SMARTS) is 1. The van der Waals surface area contributed by atoms with Gasteiger partial charge in [-0.15, -0.1) is 0 Å². The van der Waals surface area contributed by atoms with Crippen molar-refractivity contribution in [2.45, 2.75) is 51.1 Å². The SMILES string of the molecule is CCOC(=O)C(N)C(=O)NC1CCCCCC1C(=O)O. The molecule has 0 spiro atoms. The minimum atomic E-state index is -1.41. The van der Waals surface area contributed by atoms with Gasteiger partial charge in [0.25, 0.3) is 0 Å². The van der Waals surface area contributed by atoms with Crippen molar-refractivity contribution in [1.82, 2.24) is 5.32 Å². The first-order valence-electron chi connectivity index (χ1n) is 6.92.